The number of rotatable bonds is 8. The van der Waals surface area contributed by atoms with Gasteiger partial charge in [-0.15, -0.1) is 0 Å². The van der Waals surface area contributed by atoms with Gasteiger partial charge in [0.1, 0.15) is 21.0 Å². The molecule has 0 N–H and O–H groups in total. The molecule has 4 amide bonds. The zero-order chi connectivity index (χ0) is 26.3. The predicted molar refractivity (Wildman–Crippen MR) is 148 cm³/mol. The van der Waals surface area contributed by atoms with Gasteiger partial charge in [-0.25, -0.2) is 0 Å². The van der Waals surface area contributed by atoms with Gasteiger partial charge >= 0.3 is 27.3 Å². The van der Waals surface area contributed by atoms with Gasteiger partial charge in [0.2, 0.25) is 0 Å². The van der Waals surface area contributed by atoms with Crippen LogP contribution in [0.4, 0.5) is 19.2 Å². The normalized spacial score (nSPS) is 8.48. The van der Waals surface area contributed by atoms with Crippen LogP contribution in [-0.2, 0) is 50.5 Å². The molecule has 0 aliphatic rings. The van der Waals surface area contributed by atoms with Crippen LogP contribution >= 0.6 is 0 Å². The fourth-order valence-electron chi connectivity index (χ4n) is 1.93. The Morgan fingerprint density at radius 3 is 0.485 bits per heavy atom. The Bertz CT molecular complexity index is 416. The number of hydrogen-bond acceptors (Lipinski definition) is 8. The zero-order valence-electron chi connectivity index (χ0n) is 21.2. The van der Waals surface area contributed by atoms with Crippen molar-refractivity contribution >= 4 is 98.8 Å². The Morgan fingerprint density at radius 2 is 0.485 bits per heavy atom. The quantitative estimate of drug-likeness (QED) is 0.277. The van der Waals surface area contributed by atoms with Crippen molar-refractivity contribution in [3.8, 4) is 0 Å². The molecule has 0 saturated heterocycles. The van der Waals surface area contributed by atoms with E-state index in [4.69, 9.17) is 0 Å². The Balaban J connectivity index is -0.000000105. The van der Waals surface area contributed by atoms with Crippen LogP contribution in [0.2, 0.25) is 0 Å². The number of carbonyl (C=O) groups is 4. The van der Waals surface area contributed by atoms with Crippen molar-refractivity contribution in [1.82, 2.24) is 19.6 Å². The number of carbonyl (C=O) groups excluding carboxylic acids is 4. The Kier molecular flexibility index (Phi) is 38.5. The molecule has 0 fully saturated rings. The van der Waals surface area contributed by atoms with Gasteiger partial charge in [0.15, 0.2) is 0 Å². The van der Waals surface area contributed by atoms with E-state index >= 15 is 0 Å². The van der Waals surface area contributed by atoms with E-state index in [2.05, 4.69) is 50.5 Å². The third-order valence-electron chi connectivity index (χ3n) is 4.09. The Morgan fingerprint density at radius 1 is 0.394 bits per heavy atom. The molecule has 0 spiro atoms. The van der Waals surface area contributed by atoms with Crippen molar-refractivity contribution in [3.63, 3.8) is 0 Å². The fourth-order valence-corrected chi connectivity index (χ4v) is 2.96. The van der Waals surface area contributed by atoms with Gasteiger partial charge in [-0.05, 0) is 55.4 Å². The SMILES string of the molecule is CCN(CC)C(=O)[S-].CCN(CC)C(=O)[S-].CCN(CC)C(=O)[S-].CCN(CC)C(=O)[S-].[Pb+4]. The van der Waals surface area contributed by atoms with Gasteiger partial charge in [0.25, 0.3) is 0 Å². The second-order valence-electron chi connectivity index (χ2n) is 5.75. The summed E-state index contributed by atoms with van der Waals surface area (Å²) in [4.78, 5) is 47.8. The Hall–Kier alpha value is -0.318. The molecular weight excluding hydrogens is 696 g/mol. The van der Waals surface area contributed by atoms with Crippen LogP contribution in [0.25, 0.3) is 0 Å². The van der Waals surface area contributed by atoms with Gasteiger partial charge in [0, 0.05) is 52.4 Å². The molecule has 0 bridgehead atoms. The van der Waals surface area contributed by atoms with E-state index in [0.29, 0.717) is 0 Å². The zero-order valence-corrected chi connectivity index (χ0v) is 28.4. The molecule has 192 valence electrons. The molecule has 0 heterocycles. The van der Waals surface area contributed by atoms with E-state index in [1.807, 2.05) is 55.4 Å². The average Bonchev–Trinajstić information content (AvgIpc) is 2.72. The van der Waals surface area contributed by atoms with Gasteiger partial charge < -0.3 is 89.3 Å². The minimum atomic E-state index is -0.255. The average molecular weight is 736 g/mol. The number of nitrogens with zero attached hydrogens (tertiary/aromatic N) is 4. The molecule has 0 rings (SSSR count). The summed E-state index contributed by atoms with van der Waals surface area (Å²) in [6, 6.07) is 0. The summed E-state index contributed by atoms with van der Waals surface area (Å²) in [5, 5.41) is -1.02. The summed E-state index contributed by atoms with van der Waals surface area (Å²) in [5.41, 5.74) is 0. The second kappa shape index (κ2) is 29.7. The van der Waals surface area contributed by atoms with Crippen molar-refractivity contribution in [1.29, 1.82) is 0 Å². The van der Waals surface area contributed by atoms with Crippen molar-refractivity contribution in [2.75, 3.05) is 52.4 Å². The third-order valence-corrected chi connectivity index (χ3v) is 5.12. The number of hydrogen-bond donors (Lipinski definition) is 0. The van der Waals surface area contributed by atoms with Crippen LogP contribution < -0.4 is 0 Å². The minimum Gasteiger partial charge on any atom is -0.719 e. The predicted octanol–water partition coefficient (Wildman–Crippen LogP) is 3.60. The third kappa shape index (κ3) is 27.8. The van der Waals surface area contributed by atoms with Crippen LogP contribution in [0.5, 0.6) is 0 Å². The topological polar surface area (TPSA) is 81.2 Å². The van der Waals surface area contributed by atoms with E-state index in [9.17, 15) is 19.2 Å². The number of amides is 4. The molecule has 0 aliphatic carbocycles. The van der Waals surface area contributed by atoms with Crippen molar-refractivity contribution in [2.45, 2.75) is 55.4 Å². The van der Waals surface area contributed by atoms with E-state index in [1.165, 1.54) is 0 Å². The first-order valence-electron chi connectivity index (χ1n) is 10.7. The largest absolute Gasteiger partial charge is 4.00 e. The summed E-state index contributed by atoms with van der Waals surface area (Å²) in [6.45, 7) is 21.1. The first-order valence-corrected chi connectivity index (χ1v) is 12.3. The van der Waals surface area contributed by atoms with Gasteiger partial charge in [-0.3, -0.25) is 0 Å². The summed E-state index contributed by atoms with van der Waals surface area (Å²) >= 11 is 17.5. The molecule has 33 heavy (non-hydrogen) atoms. The summed E-state index contributed by atoms with van der Waals surface area (Å²) < 4.78 is 0. The Labute approximate surface area is 243 Å². The fraction of sp³-hybridized carbons (Fsp3) is 0.800. The second-order valence-corrected chi connectivity index (χ2v) is 7.15. The van der Waals surface area contributed by atoms with Crippen molar-refractivity contribution in [2.24, 2.45) is 0 Å². The first kappa shape index (κ1) is 42.8. The minimum absolute atomic E-state index is 0. The monoisotopic (exact) mass is 736 g/mol. The molecule has 0 aromatic rings. The van der Waals surface area contributed by atoms with E-state index < -0.39 is 0 Å². The molecular formula is C20H40N4O4PbS4. The van der Waals surface area contributed by atoms with Gasteiger partial charge in [-0.1, -0.05) is 0 Å². The summed E-state index contributed by atoms with van der Waals surface area (Å²) in [6.07, 6.45) is 0. The smallest absolute Gasteiger partial charge is 0.719 e. The molecule has 0 unspecified atom stereocenters. The van der Waals surface area contributed by atoms with Crippen LogP contribution in [0, 0.1) is 0 Å². The van der Waals surface area contributed by atoms with Crippen LogP contribution in [0.15, 0.2) is 0 Å². The molecule has 0 atom stereocenters. The van der Waals surface area contributed by atoms with E-state index in [1.54, 1.807) is 19.6 Å². The molecule has 0 saturated carbocycles. The van der Waals surface area contributed by atoms with Crippen LogP contribution in [-0.4, -0.2) is 120 Å². The van der Waals surface area contributed by atoms with E-state index in [-0.39, 0.29) is 48.3 Å². The maximum Gasteiger partial charge on any atom is 4.00 e. The molecule has 0 radical (unpaired) electrons. The van der Waals surface area contributed by atoms with Crippen molar-refractivity contribution in [3.05, 3.63) is 0 Å². The van der Waals surface area contributed by atoms with Crippen LogP contribution in [0.3, 0.4) is 0 Å². The van der Waals surface area contributed by atoms with E-state index in [0.717, 1.165) is 52.4 Å². The maximum atomic E-state index is 10.3. The standard InChI is InChI=1S/4C5H11NOS.Pb/c4*1-3-6(4-2)5(7)8;/h4*3-4H2,1-2H3,(H,7,8);/q;;;;+4/p-4. The van der Waals surface area contributed by atoms with Gasteiger partial charge in [0.05, 0.1) is 0 Å². The maximum absolute atomic E-state index is 10.3. The molecule has 8 nitrogen and oxygen atoms in total. The molecule has 0 aromatic heterocycles. The summed E-state index contributed by atoms with van der Waals surface area (Å²) in [5.74, 6) is 0. The van der Waals surface area contributed by atoms with Gasteiger partial charge in [-0.2, -0.15) is 0 Å². The summed E-state index contributed by atoms with van der Waals surface area (Å²) in [7, 11) is 0. The first-order chi connectivity index (χ1) is 14.9. The van der Waals surface area contributed by atoms with Crippen molar-refractivity contribution < 1.29 is 19.2 Å². The molecule has 0 aliphatic heterocycles. The van der Waals surface area contributed by atoms with Crippen LogP contribution in [0.1, 0.15) is 55.4 Å². The molecule has 13 heteroatoms. The molecule has 0 aromatic carbocycles.